The predicted octanol–water partition coefficient (Wildman–Crippen LogP) is 7.51. The Bertz CT molecular complexity index is 557. The summed E-state index contributed by atoms with van der Waals surface area (Å²) in [4.78, 5) is 2.61. The van der Waals surface area contributed by atoms with Crippen molar-refractivity contribution < 1.29 is 0 Å². The topological polar surface area (TPSA) is 0 Å². The van der Waals surface area contributed by atoms with Gasteiger partial charge in [-0.05, 0) is 82.1 Å². The molecule has 0 aliphatic heterocycles. The number of halogens is 3. The second kappa shape index (κ2) is 7.36. The zero-order chi connectivity index (χ0) is 13.0. The SMILES string of the molecule is Brc1ccsc1.Brc1ccsc1-c1sccc1Br. The molecule has 6 heteroatoms. The molecule has 0 aliphatic carbocycles. The van der Waals surface area contributed by atoms with Crippen molar-refractivity contribution in [3.05, 3.63) is 53.1 Å². The normalized spacial score (nSPS) is 9.94. The second-order valence-corrected chi connectivity index (χ2v) is 8.37. The van der Waals surface area contributed by atoms with E-state index in [0.717, 1.165) is 0 Å². The Morgan fingerprint density at radius 1 is 0.722 bits per heavy atom. The lowest BCUT2D eigenvalue weighted by Gasteiger charge is -1.93. The molecule has 94 valence electrons. The average Bonchev–Trinajstić information content (AvgIpc) is 3.03. The van der Waals surface area contributed by atoms with Crippen molar-refractivity contribution in [2.75, 3.05) is 0 Å². The minimum atomic E-state index is 1.17. The lowest BCUT2D eigenvalue weighted by Crippen LogP contribution is -1.64. The van der Waals surface area contributed by atoms with Crippen LogP contribution in [0.1, 0.15) is 0 Å². The maximum Gasteiger partial charge on any atom is 0.0596 e. The summed E-state index contributed by atoms with van der Waals surface area (Å²) in [6, 6.07) is 6.17. The van der Waals surface area contributed by atoms with Gasteiger partial charge in [-0.25, -0.2) is 0 Å². The van der Waals surface area contributed by atoms with Crippen LogP contribution in [0.4, 0.5) is 0 Å². The second-order valence-electron chi connectivity index (χ2n) is 3.14. The number of hydrogen-bond acceptors (Lipinski definition) is 3. The summed E-state index contributed by atoms with van der Waals surface area (Å²) >= 11 is 15.5. The van der Waals surface area contributed by atoms with Gasteiger partial charge in [0.25, 0.3) is 0 Å². The van der Waals surface area contributed by atoms with Crippen LogP contribution in [-0.4, -0.2) is 0 Å². The molecule has 0 amide bonds. The van der Waals surface area contributed by atoms with Crippen molar-refractivity contribution in [1.82, 2.24) is 0 Å². The van der Waals surface area contributed by atoms with Gasteiger partial charge in [0.1, 0.15) is 0 Å². The van der Waals surface area contributed by atoms with Gasteiger partial charge in [0, 0.05) is 18.8 Å². The van der Waals surface area contributed by atoms with Crippen LogP contribution >= 0.6 is 81.8 Å². The van der Waals surface area contributed by atoms with Crippen LogP contribution in [0.25, 0.3) is 9.75 Å². The maximum absolute atomic E-state index is 3.52. The Kier molecular flexibility index (Phi) is 6.11. The van der Waals surface area contributed by atoms with Crippen molar-refractivity contribution in [2.45, 2.75) is 0 Å². The number of rotatable bonds is 1. The van der Waals surface area contributed by atoms with E-state index in [4.69, 9.17) is 0 Å². The smallest absolute Gasteiger partial charge is 0.0596 e. The quantitative estimate of drug-likeness (QED) is 0.334. The van der Waals surface area contributed by atoms with Crippen LogP contribution in [-0.2, 0) is 0 Å². The number of hydrogen-bond donors (Lipinski definition) is 0. The van der Waals surface area contributed by atoms with Crippen LogP contribution in [0.15, 0.2) is 53.1 Å². The Morgan fingerprint density at radius 3 is 1.50 bits per heavy atom. The summed E-state index contributed by atoms with van der Waals surface area (Å²) in [5.41, 5.74) is 0. The minimum Gasteiger partial charge on any atom is -0.151 e. The van der Waals surface area contributed by atoms with Gasteiger partial charge in [0.15, 0.2) is 0 Å². The van der Waals surface area contributed by atoms with Gasteiger partial charge < -0.3 is 0 Å². The van der Waals surface area contributed by atoms with Gasteiger partial charge in [0.05, 0.1) is 9.75 Å². The molecule has 0 nitrogen and oxygen atoms in total. The molecule has 18 heavy (non-hydrogen) atoms. The fourth-order valence-electron chi connectivity index (χ4n) is 1.16. The summed E-state index contributed by atoms with van der Waals surface area (Å²) in [7, 11) is 0. The van der Waals surface area contributed by atoms with Crippen LogP contribution in [0.2, 0.25) is 0 Å². The standard InChI is InChI=1S/C8H4Br2S2.C4H3BrS/c9-5-1-3-11-7(5)8-6(10)2-4-12-8;5-4-1-2-6-3-4/h1-4H;1-3H. The summed E-state index contributed by atoms with van der Waals surface area (Å²) in [6.45, 7) is 0. The number of thiophene rings is 3. The van der Waals surface area contributed by atoms with Crippen molar-refractivity contribution in [3.63, 3.8) is 0 Å². The van der Waals surface area contributed by atoms with E-state index in [0.29, 0.717) is 0 Å². The average molecular weight is 487 g/mol. The van der Waals surface area contributed by atoms with Crippen molar-refractivity contribution >= 4 is 81.8 Å². The van der Waals surface area contributed by atoms with Crippen molar-refractivity contribution in [1.29, 1.82) is 0 Å². The largest absolute Gasteiger partial charge is 0.151 e. The molecule has 0 unspecified atom stereocenters. The molecule has 3 aromatic rings. The first-order chi connectivity index (χ1) is 8.68. The third kappa shape index (κ3) is 4.02. The molecule has 0 N–H and O–H groups in total. The third-order valence-electron chi connectivity index (χ3n) is 1.93. The summed E-state index contributed by atoms with van der Waals surface area (Å²) in [5.74, 6) is 0. The predicted molar refractivity (Wildman–Crippen MR) is 95.1 cm³/mol. The molecule has 0 saturated carbocycles. The Balaban J connectivity index is 0.000000169. The van der Waals surface area contributed by atoms with E-state index >= 15 is 0 Å². The molecule has 0 atom stereocenters. The molecule has 0 saturated heterocycles. The van der Waals surface area contributed by atoms with E-state index in [1.54, 1.807) is 34.0 Å². The zero-order valence-corrected chi connectivity index (χ0v) is 16.1. The van der Waals surface area contributed by atoms with Gasteiger partial charge in [-0.15, -0.1) is 22.7 Å². The van der Waals surface area contributed by atoms with E-state index in [1.807, 2.05) is 16.8 Å². The molecule has 0 bridgehead atoms. The molecule has 0 fully saturated rings. The van der Waals surface area contributed by atoms with Crippen LogP contribution in [0.3, 0.4) is 0 Å². The van der Waals surface area contributed by atoms with Gasteiger partial charge in [-0.3, -0.25) is 0 Å². The van der Waals surface area contributed by atoms with E-state index in [9.17, 15) is 0 Å². The van der Waals surface area contributed by atoms with Gasteiger partial charge in [-0.2, -0.15) is 11.3 Å². The summed E-state index contributed by atoms with van der Waals surface area (Å²) < 4.78 is 3.53. The zero-order valence-electron chi connectivity index (χ0n) is 8.90. The molecular formula is C12H7Br3S3. The van der Waals surface area contributed by atoms with E-state index in [2.05, 4.69) is 70.7 Å². The monoisotopic (exact) mass is 484 g/mol. The Hall–Kier alpha value is 0.540. The molecular weight excluding hydrogens is 480 g/mol. The van der Waals surface area contributed by atoms with Crippen molar-refractivity contribution in [3.8, 4) is 9.75 Å². The fourth-order valence-corrected chi connectivity index (χ4v) is 5.90. The lowest BCUT2D eigenvalue weighted by molar-refractivity contribution is 1.81. The molecule has 3 aromatic heterocycles. The molecule has 0 radical (unpaired) electrons. The highest BCUT2D eigenvalue weighted by atomic mass is 79.9. The summed E-state index contributed by atoms with van der Waals surface area (Å²) in [5, 5.41) is 8.25. The van der Waals surface area contributed by atoms with Crippen LogP contribution in [0.5, 0.6) is 0 Å². The third-order valence-corrected chi connectivity index (χ3v) is 7.25. The van der Waals surface area contributed by atoms with Crippen molar-refractivity contribution in [2.24, 2.45) is 0 Å². The van der Waals surface area contributed by atoms with Crippen LogP contribution in [0, 0.1) is 0 Å². The molecule has 0 spiro atoms. The van der Waals surface area contributed by atoms with Crippen LogP contribution < -0.4 is 0 Å². The van der Waals surface area contributed by atoms with Gasteiger partial charge >= 0.3 is 0 Å². The van der Waals surface area contributed by atoms with E-state index in [1.165, 1.54) is 23.2 Å². The van der Waals surface area contributed by atoms with E-state index in [-0.39, 0.29) is 0 Å². The molecule has 0 aromatic carbocycles. The Labute approximate surface area is 143 Å². The fraction of sp³-hybridized carbons (Fsp3) is 0. The molecule has 0 aliphatic rings. The van der Waals surface area contributed by atoms with E-state index < -0.39 is 0 Å². The van der Waals surface area contributed by atoms with Gasteiger partial charge in [0.2, 0.25) is 0 Å². The molecule has 3 rings (SSSR count). The first kappa shape index (κ1) is 14.9. The molecule has 3 heterocycles. The highest BCUT2D eigenvalue weighted by molar-refractivity contribution is 9.11. The minimum absolute atomic E-state index is 1.17. The highest BCUT2D eigenvalue weighted by Crippen LogP contribution is 2.40. The first-order valence-corrected chi connectivity index (χ1v) is 9.90. The highest BCUT2D eigenvalue weighted by Gasteiger charge is 2.08. The summed E-state index contributed by atoms with van der Waals surface area (Å²) in [6.07, 6.45) is 0. The lowest BCUT2D eigenvalue weighted by atomic mass is 10.4. The first-order valence-electron chi connectivity index (χ1n) is 4.82. The van der Waals surface area contributed by atoms with Gasteiger partial charge in [-0.1, -0.05) is 0 Å². The maximum atomic E-state index is 3.52. The Morgan fingerprint density at radius 2 is 1.28 bits per heavy atom.